The molecule has 0 amide bonds. The maximum atomic E-state index is 11.9. The van der Waals surface area contributed by atoms with E-state index in [-0.39, 0.29) is 0 Å². The molecule has 0 spiro atoms. The Morgan fingerprint density at radius 2 is 1.88 bits per heavy atom. The van der Waals surface area contributed by atoms with Crippen LogP contribution in [0.2, 0.25) is 0 Å². The molecule has 8 heteroatoms. The highest BCUT2D eigenvalue weighted by molar-refractivity contribution is 7.15. The van der Waals surface area contributed by atoms with Crippen LogP contribution in [-0.4, -0.2) is 31.1 Å². The monoisotopic (exact) mass is 466 g/mol. The van der Waals surface area contributed by atoms with E-state index in [4.69, 9.17) is 0 Å². The SMILES string of the molecule is Cc1cc(Nc2nccc(C)n2)cc(-c2cnc([C@@]3(O)CC[C@](C)(C(=O)O)C(C)(C)C3)s2)c1. The van der Waals surface area contributed by atoms with Crippen LogP contribution < -0.4 is 5.32 Å². The molecule has 174 valence electrons. The number of hydrogen-bond acceptors (Lipinski definition) is 7. The summed E-state index contributed by atoms with van der Waals surface area (Å²) in [5.74, 6) is -0.275. The summed E-state index contributed by atoms with van der Waals surface area (Å²) in [5.41, 5.74) is 1.23. The molecule has 33 heavy (non-hydrogen) atoms. The van der Waals surface area contributed by atoms with Crippen LogP contribution in [0.3, 0.4) is 0 Å². The van der Waals surface area contributed by atoms with Crippen molar-refractivity contribution in [2.75, 3.05) is 5.32 Å². The first-order valence-electron chi connectivity index (χ1n) is 11.0. The Labute approximate surface area is 198 Å². The first kappa shape index (κ1) is 23.3. The molecular weight excluding hydrogens is 436 g/mol. The van der Waals surface area contributed by atoms with Crippen LogP contribution in [0.15, 0.2) is 36.7 Å². The van der Waals surface area contributed by atoms with Gasteiger partial charge in [-0.3, -0.25) is 4.79 Å². The average Bonchev–Trinajstić information content (AvgIpc) is 3.21. The number of hydrogen-bond donors (Lipinski definition) is 3. The first-order chi connectivity index (χ1) is 15.4. The van der Waals surface area contributed by atoms with Gasteiger partial charge in [0.15, 0.2) is 0 Å². The summed E-state index contributed by atoms with van der Waals surface area (Å²) < 4.78 is 0. The van der Waals surface area contributed by atoms with Crippen molar-refractivity contribution in [3.8, 4) is 10.4 Å². The summed E-state index contributed by atoms with van der Waals surface area (Å²) >= 11 is 1.46. The third-order valence-electron chi connectivity index (χ3n) is 7.06. The molecule has 1 saturated carbocycles. The second kappa shape index (κ2) is 8.18. The zero-order chi connectivity index (χ0) is 24.0. The number of carboxylic acids is 1. The Hall–Kier alpha value is -2.84. The zero-order valence-corrected chi connectivity index (χ0v) is 20.5. The standard InChI is InChI=1S/C25H30N4O3S/c1-15-10-17(12-18(11-15)29-22-26-9-6-16(2)28-22)19-13-27-20(33-19)25(32)8-7-24(5,21(30)31)23(3,4)14-25/h6,9-13,32H,7-8,14H2,1-5H3,(H,30,31)(H,26,28,29)/t24-,25-/m1/s1. The number of carbonyl (C=O) groups is 1. The summed E-state index contributed by atoms with van der Waals surface area (Å²) in [5, 5.41) is 25.2. The van der Waals surface area contributed by atoms with Gasteiger partial charge in [0.05, 0.1) is 10.3 Å². The maximum Gasteiger partial charge on any atom is 0.309 e. The van der Waals surface area contributed by atoms with Gasteiger partial charge >= 0.3 is 5.97 Å². The lowest BCUT2D eigenvalue weighted by Gasteiger charge is -2.50. The number of thiazole rings is 1. The molecule has 0 saturated heterocycles. The summed E-state index contributed by atoms with van der Waals surface area (Å²) in [6, 6.07) is 7.98. The van der Waals surface area contributed by atoms with Crippen molar-refractivity contribution in [1.82, 2.24) is 15.0 Å². The number of aryl methyl sites for hydroxylation is 2. The molecule has 1 fully saturated rings. The molecule has 2 aromatic heterocycles. The van der Waals surface area contributed by atoms with Gasteiger partial charge in [-0.1, -0.05) is 19.9 Å². The smallest absolute Gasteiger partial charge is 0.309 e. The number of aliphatic hydroxyl groups is 1. The van der Waals surface area contributed by atoms with Crippen molar-refractivity contribution in [1.29, 1.82) is 0 Å². The average molecular weight is 467 g/mol. The molecule has 0 aliphatic heterocycles. The third-order valence-corrected chi connectivity index (χ3v) is 8.30. The van der Waals surface area contributed by atoms with Crippen molar-refractivity contribution in [3.63, 3.8) is 0 Å². The molecule has 1 aliphatic carbocycles. The van der Waals surface area contributed by atoms with Gasteiger partial charge in [0.2, 0.25) is 5.95 Å². The fraction of sp³-hybridized carbons (Fsp3) is 0.440. The zero-order valence-electron chi connectivity index (χ0n) is 19.6. The van der Waals surface area contributed by atoms with E-state index in [2.05, 4.69) is 26.3 Å². The van der Waals surface area contributed by atoms with Crippen LogP contribution >= 0.6 is 11.3 Å². The maximum absolute atomic E-state index is 11.9. The van der Waals surface area contributed by atoms with E-state index < -0.39 is 22.4 Å². The molecule has 1 aliphatic rings. The lowest BCUT2D eigenvalue weighted by molar-refractivity contribution is -0.170. The van der Waals surface area contributed by atoms with Crippen LogP contribution in [0.4, 0.5) is 11.6 Å². The Kier molecular flexibility index (Phi) is 5.78. The van der Waals surface area contributed by atoms with E-state index in [0.717, 1.165) is 27.4 Å². The highest BCUT2D eigenvalue weighted by Crippen LogP contribution is 2.56. The van der Waals surface area contributed by atoms with E-state index in [1.54, 1.807) is 19.3 Å². The van der Waals surface area contributed by atoms with E-state index >= 15 is 0 Å². The van der Waals surface area contributed by atoms with Gasteiger partial charge in [0.1, 0.15) is 10.6 Å². The van der Waals surface area contributed by atoms with Crippen molar-refractivity contribution >= 4 is 28.9 Å². The summed E-state index contributed by atoms with van der Waals surface area (Å²) in [7, 11) is 0. The van der Waals surface area contributed by atoms with Crippen molar-refractivity contribution < 1.29 is 15.0 Å². The normalized spacial score (nSPS) is 24.4. The van der Waals surface area contributed by atoms with Crippen LogP contribution in [-0.2, 0) is 10.4 Å². The van der Waals surface area contributed by atoms with E-state index in [0.29, 0.717) is 30.2 Å². The Morgan fingerprint density at radius 3 is 2.55 bits per heavy atom. The highest BCUT2D eigenvalue weighted by Gasteiger charge is 2.56. The number of nitrogens with one attached hydrogen (secondary N) is 1. The predicted octanol–water partition coefficient (Wildman–Crippen LogP) is 5.45. The number of rotatable bonds is 5. The summed E-state index contributed by atoms with van der Waals surface area (Å²) in [6.45, 7) is 9.57. The van der Waals surface area contributed by atoms with Gasteiger partial charge in [-0.25, -0.2) is 15.0 Å². The van der Waals surface area contributed by atoms with E-state index in [1.165, 1.54) is 11.3 Å². The lowest BCUT2D eigenvalue weighted by Crippen LogP contribution is -2.51. The van der Waals surface area contributed by atoms with Crippen molar-refractivity contribution in [2.24, 2.45) is 10.8 Å². The van der Waals surface area contributed by atoms with Gasteiger partial charge in [-0.05, 0) is 74.8 Å². The molecule has 1 aromatic carbocycles. The Bertz CT molecular complexity index is 1210. The van der Waals surface area contributed by atoms with Gasteiger partial charge < -0.3 is 15.5 Å². The quantitative estimate of drug-likeness (QED) is 0.459. The fourth-order valence-corrected chi connectivity index (χ4v) is 5.67. The second-order valence-electron chi connectivity index (χ2n) is 9.99. The largest absolute Gasteiger partial charge is 0.481 e. The first-order valence-corrected chi connectivity index (χ1v) is 11.8. The third kappa shape index (κ3) is 4.37. The highest BCUT2D eigenvalue weighted by atomic mass is 32.1. The predicted molar refractivity (Wildman–Crippen MR) is 130 cm³/mol. The minimum absolute atomic E-state index is 0.348. The van der Waals surface area contributed by atoms with E-state index in [9.17, 15) is 15.0 Å². The van der Waals surface area contributed by atoms with Crippen LogP contribution in [0, 0.1) is 24.7 Å². The molecule has 0 unspecified atom stereocenters. The van der Waals surface area contributed by atoms with Gasteiger partial charge in [-0.15, -0.1) is 11.3 Å². The number of aliphatic carboxylic acids is 1. The molecular formula is C25H30N4O3S. The summed E-state index contributed by atoms with van der Waals surface area (Å²) in [4.78, 5) is 26.1. The molecule has 7 nitrogen and oxygen atoms in total. The molecule has 4 rings (SSSR count). The number of nitrogens with zero attached hydrogens (tertiary/aromatic N) is 3. The minimum atomic E-state index is -1.14. The van der Waals surface area contributed by atoms with E-state index in [1.807, 2.05) is 45.9 Å². The van der Waals surface area contributed by atoms with Crippen LogP contribution in [0.25, 0.3) is 10.4 Å². The van der Waals surface area contributed by atoms with Crippen LogP contribution in [0.1, 0.15) is 56.3 Å². The Balaban J connectivity index is 1.61. The van der Waals surface area contributed by atoms with Crippen molar-refractivity contribution in [3.05, 3.63) is 52.9 Å². The van der Waals surface area contributed by atoms with Gasteiger partial charge in [0, 0.05) is 23.8 Å². The van der Waals surface area contributed by atoms with Gasteiger partial charge in [0.25, 0.3) is 0 Å². The summed E-state index contributed by atoms with van der Waals surface area (Å²) in [6.07, 6.45) is 4.63. The minimum Gasteiger partial charge on any atom is -0.481 e. The fourth-order valence-electron chi connectivity index (χ4n) is 4.65. The number of carboxylic acid groups (broad SMARTS) is 1. The molecule has 3 aromatic rings. The van der Waals surface area contributed by atoms with Crippen LogP contribution in [0.5, 0.6) is 0 Å². The topological polar surface area (TPSA) is 108 Å². The molecule has 2 heterocycles. The molecule has 2 atom stereocenters. The number of benzene rings is 1. The van der Waals surface area contributed by atoms with Crippen molar-refractivity contribution in [2.45, 2.75) is 59.5 Å². The number of anilines is 2. The molecule has 0 radical (unpaired) electrons. The molecule has 3 N–H and O–H groups in total. The van der Waals surface area contributed by atoms with Gasteiger partial charge in [-0.2, -0.15) is 0 Å². The number of aromatic nitrogens is 3. The lowest BCUT2D eigenvalue weighted by atomic mass is 9.55. The molecule has 0 bridgehead atoms. The Morgan fingerprint density at radius 1 is 1.12 bits per heavy atom. The second-order valence-corrected chi connectivity index (χ2v) is 11.0.